The van der Waals surface area contributed by atoms with Crippen molar-refractivity contribution in [1.82, 2.24) is 10.3 Å². The van der Waals surface area contributed by atoms with Crippen molar-refractivity contribution < 1.29 is 18.8 Å². The number of thiazole rings is 1. The van der Waals surface area contributed by atoms with E-state index in [0.29, 0.717) is 5.13 Å². The number of aromatic nitrogens is 1. The molecule has 0 aliphatic carbocycles. The number of hydrogen-bond acceptors (Lipinski definition) is 7. The summed E-state index contributed by atoms with van der Waals surface area (Å²) in [5, 5.41) is 3.27. The van der Waals surface area contributed by atoms with Crippen LogP contribution >= 0.6 is 11.3 Å². The summed E-state index contributed by atoms with van der Waals surface area (Å²) in [5.41, 5.74) is 5.87. The minimum atomic E-state index is -0.590. The Morgan fingerprint density at radius 3 is 2.30 bits per heavy atom. The molecule has 1 aliphatic rings. The van der Waals surface area contributed by atoms with E-state index < -0.39 is 30.0 Å². The van der Waals surface area contributed by atoms with Gasteiger partial charge in [0, 0.05) is 6.54 Å². The third-order valence-electron chi connectivity index (χ3n) is 4.56. The number of nitrogens with two attached hydrogens (primary N) is 1. The minimum Gasteiger partial charge on any atom is -0.444 e. The number of hydrogen-bond donors (Lipinski definition) is 2. The number of rotatable bonds is 4. The van der Waals surface area contributed by atoms with Crippen molar-refractivity contribution in [3.05, 3.63) is 16.0 Å². The maximum atomic E-state index is 12.1. The van der Waals surface area contributed by atoms with Gasteiger partial charge in [0.25, 0.3) is 0 Å². The number of ether oxygens (including phenoxy) is 1. The first-order valence-electron chi connectivity index (χ1n) is 8.96. The normalized spacial score (nSPS) is 19.3. The highest BCUT2D eigenvalue weighted by molar-refractivity contribution is 7.16. The second-order valence-corrected chi connectivity index (χ2v) is 9.73. The van der Waals surface area contributed by atoms with E-state index >= 15 is 0 Å². The van der Waals surface area contributed by atoms with Gasteiger partial charge in [-0.3, -0.25) is 0 Å². The molecule has 0 bridgehead atoms. The SMILES string of the molecule is Cc1nc(N)sc1C=C(CNC(=O)OC(C)(C)C)B1OC(C)(C)C(C)(C)O1. The van der Waals surface area contributed by atoms with E-state index in [1.54, 1.807) is 0 Å². The highest BCUT2D eigenvalue weighted by atomic mass is 32.1. The Kier molecular flexibility index (Phi) is 5.99. The summed E-state index contributed by atoms with van der Waals surface area (Å²) >= 11 is 1.38. The quantitative estimate of drug-likeness (QED) is 0.757. The molecule has 3 N–H and O–H groups in total. The lowest BCUT2D eigenvalue weighted by atomic mass is 9.77. The highest BCUT2D eigenvalue weighted by Gasteiger charge is 2.52. The molecule has 2 rings (SSSR count). The molecular weight excluding hydrogens is 365 g/mol. The van der Waals surface area contributed by atoms with Crippen molar-refractivity contribution in [2.45, 2.75) is 72.2 Å². The summed E-state index contributed by atoms with van der Waals surface area (Å²) in [7, 11) is -0.590. The number of carbonyl (C=O) groups is 1. The first-order valence-corrected chi connectivity index (χ1v) is 9.78. The van der Waals surface area contributed by atoms with E-state index in [9.17, 15) is 4.79 Å². The van der Waals surface area contributed by atoms with Crippen LogP contribution in [0.4, 0.5) is 9.93 Å². The van der Waals surface area contributed by atoms with Crippen LogP contribution in [0, 0.1) is 6.92 Å². The fraction of sp³-hybridized carbons (Fsp3) is 0.667. The van der Waals surface area contributed by atoms with Crippen molar-refractivity contribution >= 4 is 35.8 Å². The van der Waals surface area contributed by atoms with Gasteiger partial charge in [0.05, 0.1) is 21.8 Å². The first kappa shape index (κ1) is 21.7. The third-order valence-corrected chi connectivity index (χ3v) is 5.49. The molecule has 1 saturated heterocycles. The van der Waals surface area contributed by atoms with Crippen LogP contribution in [-0.4, -0.2) is 41.5 Å². The summed E-state index contributed by atoms with van der Waals surface area (Å²) in [6, 6.07) is 0. The van der Waals surface area contributed by atoms with E-state index in [1.807, 2.05) is 61.5 Å². The van der Waals surface area contributed by atoms with E-state index in [1.165, 1.54) is 11.3 Å². The maximum absolute atomic E-state index is 12.1. The molecule has 0 spiro atoms. The topological polar surface area (TPSA) is 95.7 Å². The molecule has 1 amide bonds. The number of alkyl carbamates (subject to hydrolysis) is 1. The standard InChI is InChI=1S/C18H30BN3O4S/c1-11-13(27-14(20)22-11)9-12(10-21-15(23)24-16(2,3)4)19-25-17(5,6)18(7,8)26-19/h9H,10H2,1-8H3,(H2,20,22)(H,21,23). The molecule has 2 heterocycles. The fourth-order valence-electron chi connectivity index (χ4n) is 2.42. The molecular formula is C18H30BN3O4S. The van der Waals surface area contributed by atoms with Crippen LogP contribution < -0.4 is 11.1 Å². The number of carbonyl (C=O) groups excluding carboxylic acids is 1. The lowest BCUT2D eigenvalue weighted by Gasteiger charge is -2.32. The predicted octanol–water partition coefficient (Wildman–Crippen LogP) is 3.57. The van der Waals surface area contributed by atoms with Gasteiger partial charge in [-0.25, -0.2) is 9.78 Å². The number of amides is 1. The number of nitrogens with zero attached hydrogens (tertiary/aromatic N) is 1. The Balaban J connectivity index is 2.25. The van der Waals surface area contributed by atoms with Crippen LogP contribution in [0.1, 0.15) is 59.0 Å². The third kappa shape index (κ3) is 5.46. The molecule has 1 aliphatic heterocycles. The Hall–Kier alpha value is -1.58. The number of nitrogen functional groups attached to an aromatic ring is 1. The van der Waals surface area contributed by atoms with E-state index in [2.05, 4.69) is 10.3 Å². The van der Waals surface area contributed by atoms with Crippen molar-refractivity contribution in [2.75, 3.05) is 12.3 Å². The van der Waals surface area contributed by atoms with Gasteiger partial charge in [0.15, 0.2) is 5.13 Å². The molecule has 0 atom stereocenters. The van der Waals surface area contributed by atoms with Gasteiger partial charge in [-0.15, -0.1) is 0 Å². The molecule has 27 heavy (non-hydrogen) atoms. The van der Waals surface area contributed by atoms with Gasteiger partial charge in [-0.2, -0.15) is 0 Å². The Morgan fingerprint density at radius 1 is 1.30 bits per heavy atom. The summed E-state index contributed by atoms with van der Waals surface area (Å²) in [4.78, 5) is 17.2. The largest absolute Gasteiger partial charge is 0.492 e. The average Bonchev–Trinajstić information content (AvgIpc) is 2.88. The summed E-state index contributed by atoms with van der Waals surface area (Å²) in [6.07, 6.45) is 1.42. The molecule has 1 aromatic rings. The van der Waals surface area contributed by atoms with Crippen LogP contribution in [-0.2, 0) is 14.0 Å². The lowest BCUT2D eigenvalue weighted by molar-refractivity contribution is 0.00578. The monoisotopic (exact) mass is 395 g/mol. The van der Waals surface area contributed by atoms with Crippen molar-refractivity contribution in [2.24, 2.45) is 0 Å². The van der Waals surface area contributed by atoms with Gasteiger partial charge in [0.1, 0.15) is 5.60 Å². The maximum Gasteiger partial charge on any atom is 0.492 e. The zero-order valence-corrected chi connectivity index (χ0v) is 18.2. The zero-order valence-electron chi connectivity index (χ0n) is 17.4. The van der Waals surface area contributed by atoms with E-state index in [0.717, 1.165) is 16.0 Å². The first-order chi connectivity index (χ1) is 12.2. The molecule has 0 radical (unpaired) electrons. The van der Waals surface area contributed by atoms with Crippen LogP contribution in [0.15, 0.2) is 5.47 Å². The fourth-order valence-corrected chi connectivity index (χ4v) is 3.23. The second-order valence-electron chi connectivity index (χ2n) is 8.66. The van der Waals surface area contributed by atoms with Gasteiger partial charge in [-0.05, 0) is 66.9 Å². The Labute approximate surface area is 165 Å². The summed E-state index contributed by atoms with van der Waals surface area (Å²) < 4.78 is 17.6. The second kappa shape index (κ2) is 7.45. The van der Waals surface area contributed by atoms with Gasteiger partial charge >= 0.3 is 13.2 Å². The molecule has 1 aromatic heterocycles. The molecule has 0 aromatic carbocycles. The molecule has 150 valence electrons. The van der Waals surface area contributed by atoms with E-state index in [-0.39, 0.29) is 6.54 Å². The van der Waals surface area contributed by atoms with Crippen LogP contribution in [0.3, 0.4) is 0 Å². The lowest BCUT2D eigenvalue weighted by Crippen LogP contribution is -2.41. The van der Waals surface area contributed by atoms with Crippen LogP contribution in [0.2, 0.25) is 0 Å². The molecule has 7 nitrogen and oxygen atoms in total. The van der Waals surface area contributed by atoms with Crippen LogP contribution in [0.25, 0.3) is 6.08 Å². The van der Waals surface area contributed by atoms with Gasteiger partial charge in [0.2, 0.25) is 0 Å². The smallest absolute Gasteiger partial charge is 0.444 e. The molecule has 0 saturated carbocycles. The highest BCUT2D eigenvalue weighted by Crippen LogP contribution is 2.39. The van der Waals surface area contributed by atoms with Crippen molar-refractivity contribution in [1.29, 1.82) is 0 Å². The van der Waals surface area contributed by atoms with Gasteiger partial charge < -0.3 is 25.1 Å². The summed E-state index contributed by atoms with van der Waals surface area (Å²) in [6.45, 7) is 15.5. The predicted molar refractivity (Wildman–Crippen MR) is 110 cm³/mol. The molecule has 0 unspecified atom stereocenters. The number of anilines is 1. The zero-order chi connectivity index (χ0) is 20.6. The summed E-state index contributed by atoms with van der Waals surface area (Å²) in [5.74, 6) is 0. The molecule has 9 heteroatoms. The Bertz CT molecular complexity index is 721. The molecule has 1 fully saturated rings. The van der Waals surface area contributed by atoms with Crippen molar-refractivity contribution in [3.8, 4) is 0 Å². The minimum absolute atomic E-state index is 0.225. The van der Waals surface area contributed by atoms with Crippen molar-refractivity contribution in [3.63, 3.8) is 0 Å². The van der Waals surface area contributed by atoms with Gasteiger partial charge in [-0.1, -0.05) is 11.3 Å². The average molecular weight is 395 g/mol. The number of aryl methyl sites for hydroxylation is 1. The number of nitrogens with one attached hydrogen (secondary N) is 1. The Morgan fingerprint density at radius 2 is 1.85 bits per heavy atom. The van der Waals surface area contributed by atoms with E-state index in [4.69, 9.17) is 19.8 Å². The van der Waals surface area contributed by atoms with Crippen LogP contribution in [0.5, 0.6) is 0 Å².